The third-order valence-electron chi connectivity index (χ3n) is 7.15. The molecule has 0 aromatic heterocycles. The quantitative estimate of drug-likeness (QED) is 0.677. The van der Waals surface area contributed by atoms with Crippen LogP contribution in [0, 0.1) is 11.3 Å². The minimum atomic E-state index is -3.19. The first kappa shape index (κ1) is 23.6. The highest BCUT2D eigenvalue weighted by Gasteiger charge is 2.50. The van der Waals surface area contributed by atoms with Gasteiger partial charge in [0.1, 0.15) is 22.2 Å². The van der Waals surface area contributed by atoms with E-state index in [1.807, 2.05) is 35.2 Å². The number of nitrogens with zero attached hydrogens (tertiary/aromatic N) is 2. The van der Waals surface area contributed by atoms with Crippen molar-refractivity contribution in [3.05, 3.63) is 54.1 Å². The van der Waals surface area contributed by atoms with E-state index < -0.39 is 9.84 Å². The van der Waals surface area contributed by atoms with Gasteiger partial charge in [0.2, 0.25) is 0 Å². The first-order valence-corrected chi connectivity index (χ1v) is 13.5. The maximum atomic E-state index is 13.5. The smallest absolute Gasteiger partial charge is 0.320 e. The molecule has 2 heterocycles. The van der Waals surface area contributed by atoms with Crippen LogP contribution >= 0.6 is 0 Å². The zero-order chi connectivity index (χ0) is 23.8. The molecule has 2 aliphatic rings. The zero-order valence-corrected chi connectivity index (χ0v) is 20.8. The van der Waals surface area contributed by atoms with Crippen molar-refractivity contribution in [3.63, 3.8) is 0 Å². The van der Waals surface area contributed by atoms with E-state index in [4.69, 9.17) is 4.74 Å². The molecule has 2 aliphatic heterocycles. The number of fused-ring (bicyclic) bond motifs is 5. The third-order valence-corrected chi connectivity index (χ3v) is 8.89. The standard InChI is InChI=1S/C26H34N2O4S/c1-5-33(30,31)17-22-23-16-19-9-8-10-20(15-19)21-11-6-7-12-24(21)32-14-13-27(4)25(29)28(23)18-26(22,2)3/h6-12,15,22-23H,5,13-14,16-18H2,1-4H3/t22-,23+/m1/s1. The van der Waals surface area contributed by atoms with Gasteiger partial charge in [0.05, 0.1) is 12.3 Å². The van der Waals surface area contributed by atoms with Crippen molar-refractivity contribution in [2.24, 2.45) is 11.3 Å². The molecule has 2 aromatic rings. The molecule has 2 atom stereocenters. The van der Waals surface area contributed by atoms with E-state index in [0.29, 0.717) is 26.1 Å². The third kappa shape index (κ3) is 4.88. The van der Waals surface area contributed by atoms with Gasteiger partial charge in [-0.1, -0.05) is 63.2 Å². The Labute approximate surface area is 197 Å². The zero-order valence-electron chi connectivity index (χ0n) is 20.0. The van der Waals surface area contributed by atoms with E-state index in [1.54, 1.807) is 18.9 Å². The van der Waals surface area contributed by atoms with E-state index in [2.05, 4.69) is 32.0 Å². The lowest BCUT2D eigenvalue weighted by molar-refractivity contribution is 0.145. The number of rotatable bonds is 3. The van der Waals surface area contributed by atoms with Gasteiger partial charge in [0.25, 0.3) is 0 Å². The molecule has 0 saturated carbocycles. The molecular weight excluding hydrogens is 436 g/mol. The van der Waals surface area contributed by atoms with Crippen LogP contribution in [-0.2, 0) is 16.3 Å². The highest BCUT2D eigenvalue weighted by atomic mass is 32.2. The van der Waals surface area contributed by atoms with E-state index in [1.165, 1.54) is 0 Å². The normalized spacial score (nSPS) is 23.0. The first-order valence-electron chi connectivity index (χ1n) is 11.6. The fourth-order valence-electron chi connectivity index (χ4n) is 5.15. The van der Waals surface area contributed by atoms with Gasteiger partial charge in [-0.05, 0) is 29.0 Å². The molecule has 0 spiro atoms. The Kier molecular flexibility index (Phi) is 6.45. The molecule has 2 aromatic carbocycles. The van der Waals surface area contributed by atoms with Crippen LogP contribution in [0.3, 0.4) is 0 Å². The Morgan fingerprint density at radius 1 is 1.12 bits per heavy atom. The molecule has 7 heteroatoms. The van der Waals surface area contributed by atoms with E-state index in [0.717, 1.165) is 22.4 Å². The lowest BCUT2D eigenvalue weighted by Crippen LogP contribution is -2.47. The van der Waals surface area contributed by atoms with Gasteiger partial charge in [0, 0.05) is 36.9 Å². The minimum Gasteiger partial charge on any atom is -0.491 e. The predicted octanol–water partition coefficient (Wildman–Crippen LogP) is 4.10. The molecule has 6 nitrogen and oxygen atoms in total. The molecule has 1 saturated heterocycles. The van der Waals surface area contributed by atoms with E-state index >= 15 is 0 Å². The van der Waals surface area contributed by atoms with Gasteiger partial charge in [-0.15, -0.1) is 0 Å². The second-order valence-electron chi connectivity index (χ2n) is 9.94. The van der Waals surface area contributed by atoms with Crippen LogP contribution in [0.5, 0.6) is 5.75 Å². The monoisotopic (exact) mass is 470 g/mol. The summed E-state index contributed by atoms with van der Waals surface area (Å²) in [4.78, 5) is 17.1. The molecule has 178 valence electrons. The van der Waals surface area contributed by atoms with Crippen molar-refractivity contribution in [2.45, 2.75) is 33.2 Å². The number of hydrogen-bond donors (Lipinski definition) is 0. The van der Waals surface area contributed by atoms with Gasteiger partial charge in [-0.25, -0.2) is 13.2 Å². The molecule has 0 unspecified atom stereocenters. The van der Waals surface area contributed by atoms with Crippen LogP contribution < -0.4 is 4.74 Å². The van der Waals surface area contributed by atoms with Gasteiger partial charge < -0.3 is 14.5 Å². The van der Waals surface area contributed by atoms with Crippen molar-refractivity contribution in [1.29, 1.82) is 0 Å². The fraction of sp³-hybridized carbons (Fsp3) is 0.500. The van der Waals surface area contributed by atoms with Crippen LogP contribution in [0.2, 0.25) is 0 Å². The Morgan fingerprint density at radius 2 is 1.88 bits per heavy atom. The number of likely N-dealkylation sites (N-methyl/N-ethyl adjacent to an activating group) is 1. The van der Waals surface area contributed by atoms with Gasteiger partial charge in [-0.3, -0.25) is 0 Å². The average molecular weight is 471 g/mol. The number of hydrogen-bond acceptors (Lipinski definition) is 4. The molecule has 2 amide bonds. The summed E-state index contributed by atoms with van der Waals surface area (Å²) in [5.74, 6) is 0.866. The summed E-state index contributed by atoms with van der Waals surface area (Å²) in [5.41, 5.74) is 2.86. The second kappa shape index (κ2) is 9.01. The number of carbonyl (C=O) groups excluding carboxylic acids is 1. The molecule has 2 bridgehead atoms. The van der Waals surface area contributed by atoms with E-state index in [9.17, 15) is 13.2 Å². The van der Waals surface area contributed by atoms with Crippen molar-refractivity contribution >= 4 is 15.9 Å². The van der Waals surface area contributed by atoms with Crippen molar-refractivity contribution < 1.29 is 17.9 Å². The summed E-state index contributed by atoms with van der Waals surface area (Å²) in [6.07, 6.45) is 0.615. The van der Waals surface area contributed by atoms with Gasteiger partial charge in [-0.2, -0.15) is 0 Å². The summed E-state index contributed by atoms with van der Waals surface area (Å²) < 4.78 is 31.4. The number of ether oxygens (including phenoxy) is 1. The second-order valence-corrected chi connectivity index (χ2v) is 12.3. The number of para-hydroxylation sites is 1. The van der Waals surface area contributed by atoms with Gasteiger partial charge in [0.15, 0.2) is 0 Å². The van der Waals surface area contributed by atoms with Crippen molar-refractivity contribution in [1.82, 2.24) is 9.80 Å². The van der Waals surface area contributed by atoms with Crippen LogP contribution in [0.4, 0.5) is 4.79 Å². The maximum Gasteiger partial charge on any atom is 0.320 e. The highest BCUT2D eigenvalue weighted by Crippen LogP contribution is 2.43. The van der Waals surface area contributed by atoms with Crippen molar-refractivity contribution in [3.8, 4) is 16.9 Å². The fourth-order valence-corrected chi connectivity index (χ4v) is 6.60. The number of urea groups is 1. The molecule has 0 aliphatic carbocycles. The Balaban J connectivity index is 1.79. The average Bonchev–Trinajstić information content (AvgIpc) is 3.02. The SMILES string of the molecule is CCS(=O)(=O)C[C@@H]1[C@@H]2Cc3cccc(c3)-c3ccccc3OCCN(C)C(=O)N2CC1(C)C. The largest absolute Gasteiger partial charge is 0.491 e. The summed E-state index contributed by atoms with van der Waals surface area (Å²) in [6.45, 7) is 7.23. The number of carbonyl (C=O) groups is 1. The highest BCUT2D eigenvalue weighted by molar-refractivity contribution is 7.91. The summed E-state index contributed by atoms with van der Waals surface area (Å²) in [7, 11) is -1.40. The van der Waals surface area contributed by atoms with Gasteiger partial charge >= 0.3 is 6.03 Å². The van der Waals surface area contributed by atoms with Crippen molar-refractivity contribution in [2.75, 3.05) is 38.2 Å². The summed E-state index contributed by atoms with van der Waals surface area (Å²) in [6, 6.07) is 16.0. The first-order chi connectivity index (χ1) is 15.6. The predicted molar refractivity (Wildman–Crippen MR) is 131 cm³/mol. The molecule has 4 rings (SSSR count). The number of sulfone groups is 1. The molecule has 0 N–H and O–H groups in total. The van der Waals surface area contributed by atoms with Crippen LogP contribution in [0.25, 0.3) is 11.1 Å². The minimum absolute atomic E-state index is 0.0724. The Morgan fingerprint density at radius 3 is 2.64 bits per heavy atom. The lowest BCUT2D eigenvalue weighted by Gasteiger charge is -2.32. The molecule has 0 radical (unpaired) electrons. The Bertz CT molecular complexity index is 1130. The molecular formula is C26H34N2O4S. The van der Waals surface area contributed by atoms with Crippen LogP contribution in [-0.4, -0.2) is 68.5 Å². The Hall–Kier alpha value is -2.54. The van der Waals surface area contributed by atoms with E-state index in [-0.39, 0.29) is 34.9 Å². The number of benzene rings is 2. The summed E-state index contributed by atoms with van der Waals surface area (Å²) in [5, 5.41) is 0. The number of amides is 2. The van der Waals surface area contributed by atoms with Crippen LogP contribution in [0.1, 0.15) is 26.3 Å². The maximum absolute atomic E-state index is 13.5. The molecule has 33 heavy (non-hydrogen) atoms. The topological polar surface area (TPSA) is 66.9 Å². The lowest BCUT2D eigenvalue weighted by atomic mass is 9.78. The summed E-state index contributed by atoms with van der Waals surface area (Å²) >= 11 is 0. The molecule has 1 fully saturated rings. The van der Waals surface area contributed by atoms with Crippen LogP contribution in [0.15, 0.2) is 48.5 Å².